The molecular weight excluding hydrogens is 364 g/mol. The predicted molar refractivity (Wildman–Crippen MR) is 103 cm³/mol. The zero-order valence-corrected chi connectivity index (χ0v) is 15.4. The van der Waals surface area contributed by atoms with Gasteiger partial charge in [0.2, 0.25) is 0 Å². The van der Waals surface area contributed by atoms with Crippen LogP contribution in [0.4, 0.5) is 5.69 Å². The van der Waals surface area contributed by atoms with Crippen LogP contribution < -0.4 is 0 Å². The molecule has 2 aromatic rings. The van der Waals surface area contributed by atoms with Crippen molar-refractivity contribution in [3.05, 3.63) is 57.0 Å². The van der Waals surface area contributed by atoms with Crippen LogP contribution in [0.1, 0.15) is 37.0 Å². The Morgan fingerprint density at radius 3 is 2.52 bits per heavy atom. The van der Waals surface area contributed by atoms with Crippen LogP contribution in [0.25, 0.3) is 16.5 Å². The third kappa shape index (κ3) is 4.80. The number of rotatable bonds is 5. The normalized spacial score (nSPS) is 15.1. The first-order valence-corrected chi connectivity index (χ1v) is 9.56. The van der Waals surface area contributed by atoms with Gasteiger partial charge in [0.15, 0.2) is 0 Å². The van der Waals surface area contributed by atoms with Crippen LogP contribution in [0.3, 0.4) is 0 Å². The minimum atomic E-state index is -0.574. The summed E-state index contributed by atoms with van der Waals surface area (Å²) in [5.41, 5.74) is 0.860. The van der Waals surface area contributed by atoms with Crippen LogP contribution in [0.15, 0.2) is 42.0 Å². The van der Waals surface area contributed by atoms with Crippen molar-refractivity contribution in [1.29, 1.82) is 5.26 Å². The van der Waals surface area contributed by atoms with Crippen molar-refractivity contribution in [1.82, 2.24) is 0 Å². The van der Waals surface area contributed by atoms with Gasteiger partial charge in [-0.25, -0.2) is 4.79 Å². The van der Waals surface area contributed by atoms with Gasteiger partial charge in [0.1, 0.15) is 17.7 Å². The standard InChI is InChI=1S/C20H18N2O4S/c21-13-15(20(23)26-17-4-2-1-3-5-17)12-18-10-11-19(27-18)14-6-8-16(9-7-14)22(24)25/h6-12,17H,1-5H2/b15-12+. The molecule has 0 radical (unpaired) electrons. The molecule has 0 atom stereocenters. The summed E-state index contributed by atoms with van der Waals surface area (Å²) in [7, 11) is 0. The lowest BCUT2D eigenvalue weighted by Crippen LogP contribution is -2.21. The number of esters is 1. The minimum absolute atomic E-state index is 0.0160. The number of hydrogen-bond donors (Lipinski definition) is 0. The van der Waals surface area contributed by atoms with Crippen molar-refractivity contribution >= 4 is 29.1 Å². The molecule has 0 spiro atoms. The third-order valence-electron chi connectivity index (χ3n) is 4.44. The monoisotopic (exact) mass is 382 g/mol. The minimum Gasteiger partial charge on any atom is -0.458 e. The molecule has 0 aliphatic heterocycles. The molecular formula is C20H18N2O4S. The van der Waals surface area contributed by atoms with Gasteiger partial charge in [-0.1, -0.05) is 6.42 Å². The van der Waals surface area contributed by atoms with E-state index in [1.165, 1.54) is 29.5 Å². The molecule has 1 aromatic heterocycles. The number of nitriles is 1. The SMILES string of the molecule is N#C/C(=C\c1ccc(-c2ccc([N+](=O)[O-])cc2)s1)C(=O)OC1CCCCC1. The van der Waals surface area contributed by atoms with E-state index in [-0.39, 0.29) is 17.4 Å². The van der Waals surface area contributed by atoms with Gasteiger partial charge >= 0.3 is 5.97 Å². The van der Waals surface area contributed by atoms with Gasteiger partial charge in [0.05, 0.1) is 4.92 Å². The average Bonchev–Trinajstić information content (AvgIpc) is 3.15. The second kappa shape index (κ2) is 8.60. The maximum absolute atomic E-state index is 12.3. The number of non-ortho nitro benzene ring substituents is 1. The van der Waals surface area contributed by atoms with Crippen LogP contribution in [-0.2, 0) is 9.53 Å². The van der Waals surface area contributed by atoms with Crippen LogP contribution >= 0.6 is 11.3 Å². The van der Waals surface area contributed by atoms with Crippen LogP contribution in [0.2, 0.25) is 0 Å². The van der Waals surface area contributed by atoms with Gasteiger partial charge in [-0.15, -0.1) is 11.3 Å². The highest BCUT2D eigenvalue weighted by atomic mass is 32.1. The number of ether oxygens (including phenoxy) is 1. The summed E-state index contributed by atoms with van der Waals surface area (Å²) in [6.45, 7) is 0. The second-order valence-electron chi connectivity index (χ2n) is 6.34. The fourth-order valence-corrected chi connectivity index (χ4v) is 3.97. The van der Waals surface area contributed by atoms with Crippen molar-refractivity contribution in [2.75, 3.05) is 0 Å². The number of carbonyl (C=O) groups excluding carboxylic acids is 1. The number of hydrogen-bond acceptors (Lipinski definition) is 6. The highest BCUT2D eigenvalue weighted by molar-refractivity contribution is 7.16. The zero-order valence-electron chi connectivity index (χ0n) is 14.6. The van der Waals surface area contributed by atoms with E-state index in [2.05, 4.69) is 0 Å². The lowest BCUT2D eigenvalue weighted by atomic mass is 9.98. The predicted octanol–water partition coefficient (Wildman–Crippen LogP) is 5.11. The van der Waals surface area contributed by atoms with Crippen molar-refractivity contribution in [2.24, 2.45) is 0 Å². The fraction of sp³-hybridized carbons (Fsp3) is 0.300. The molecule has 3 rings (SSSR count). The molecule has 1 saturated carbocycles. The van der Waals surface area contributed by atoms with Crippen LogP contribution in [0.5, 0.6) is 0 Å². The van der Waals surface area contributed by atoms with E-state index in [1.807, 2.05) is 18.2 Å². The molecule has 138 valence electrons. The summed E-state index contributed by atoms with van der Waals surface area (Å²) >= 11 is 1.40. The smallest absolute Gasteiger partial charge is 0.349 e. The molecule has 1 fully saturated rings. The Kier molecular flexibility index (Phi) is 5.99. The summed E-state index contributed by atoms with van der Waals surface area (Å²) < 4.78 is 5.45. The van der Waals surface area contributed by atoms with Crippen molar-refractivity contribution in [3.63, 3.8) is 0 Å². The molecule has 27 heavy (non-hydrogen) atoms. The molecule has 0 saturated heterocycles. The Hall–Kier alpha value is -2.98. The first kappa shape index (κ1) is 18.8. The maximum atomic E-state index is 12.3. The van der Waals surface area contributed by atoms with Crippen molar-refractivity contribution in [3.8, 4) is 16.5 Å². The molecule has 0 bridgehead atoms. The number of nitro groups is 1. The van der Waals surface area contributed by atoms with Gasteiger partial charge in [-0.2, -0.15) is 5.26 Å². The van der Waals surface area contributed by atoms with Crippen LogP contribution in [0, 0.1) is 21.4 Å². The highest BCUT2D eigenvalue weighted by Gasteiger charge is 2.20. The summed E-state index contributed by atoms with van der Waals surface area (Å²) in [6, 6.07) is 11.9. The molecule has 7 heteroatoms. The number of thiophene rings is 1. The van der Waals surface area contributed by atoms with E-state index in [1.54, 1.807) is 12.1 Å². The van der Waals surface area contributed by atoms with Gasteiger partial charge in [-0.05, 0) is 61.6 Å². The molecule has 0 N–H and O–H groups in total. The average molecular weight is 382 g/mol. The topological polar surface area (TPSA) is 93.2 Å². The second-order valence-corrected chi connectivity index (χ2v) is 7.46. The maximum Gasteiger partial charge on any atom is 0.349 e. The first-order valence-electron chi connectivity index (χ1n) is 8.74. The lowest BCUT2D eigenvalue weighted by Gasteiger charge is -2.21. The largest absolute Gasteiger partial charge is 0.458 e. The van der Waals surface area contributed by atoms with E-state index < -0.39 is 10.9 Å². The number of carbonyl (C=O) groups is 1. The summed E-state index contributed by atoms with van der Waals surface area (Å²) in [5, 5.41) is 20.1. The Labute approximate surface area is 160 Å². The van der Waals surface area contributed by atoms with E-state index in [0.717, 1.165) is 47.4 Å². The first-order chi connectivity index (χ1) is 13.1. The highest BCUT2D eigenvalue weighted by Crippen LogP contribution is 2.31. The summed E-state index contributed by atoms with van der Waals surface area (Å²) in [6.07, 6.45) is 6.41. The van der Waals surface area contributed by atoms with Gasteiger partial charge in [0.25, 0.3) is 5.69 Å². The lowest BCUT2D eigenvalue weighted by molar-refractivity contribution is -0.384. The fourth-order valence-electron chi connectivity index (χ4n) is 3.01. The Morgan fingerprint density at radius 1 is 1.19 bits per heavy atom. The van der Waals surface area contributed by atoms with Crippen molar-refractivity contribution < 1.29 is 14.5 Å². The van der Waals surface area contributed by atoms with E-state index >= 15 is 0 Å². The zero-order chi connectivity index (χ0) is 19.2. The Bertz CT molecular complexity index is 903. The van der Waals surface area contributed by atoms with Gasteiger partial charge < -0.3 is 4.74 Å². The van der Waals surface area contributed by atoms with E-state index in [4.69, 9.17) is 4.74 Å². The molecule has 6 nitrogen and oxygen atoms in total. The Morgan fingerprint density at radius 2 is 1.89 bits per heavy atom. The van der Waals surface area contributed by atoms with Gasteiger partial charge in [0, 0.05) is 21.9 Å². The summed E-state index contributed by atoms with van der Waals surface area (Å²) in [4.78, 5) is 24.2. The molecule has 0 unspecified atom stereocenters. The molecule has 1 aliphatic carbocycles. The van der Waals surface area contributed by atoms with Crippen LogP contribution in [-0.4, -0.2) is 17.0 Å². The number of benzene rings is 1. The number of nitro benzene ring substituents is 1. The summed E-state index contributed by atoms with van der Waals surface area (Å²) in [5.74, 6) is -0.574. The van der Waals surface area contributed by atoms with E-state index in [0.29, 0.717) is 0 Å². The van der Waals surface area contributed by atoms with Crippen molar-refractivity contribution in [2.45, 2.75) is 38.2 Å². The molecule has 0 amide bonds. The Balaban J connectivity index is 1.72. The van der Waals surface area contributed by atoms with Gasteiger partial charge in [-0.3, -0.25) is 10.1 Å². The molecule has 1 heterocycles. The quantitative estimate of drug-likeness (QED) is 0.236. The van der Waals surface area contributed by atoms with E-state index in [9.17, 15) is 20.2 Å². The molecule has 1 aromatic carbocycles. The molecule has 1 aliphatic rings. The third-order valence-corrected chi connectivity index (χ3v) is 5.52. The number of nitrogens with zero attached hydrogens (tertiary/aromatic N) is 2.